The molecule has 0 fully saturated rings. The number of aryl methyl sites for hydroxylation is 2. The lowest BCUT2D eigenvalue weighted by Crippen LogP contribution is -2.29. The quantitative estimate of drug-likeness (QED) is 0.661. The van der Waals surface area contributed by atoms with E-state index in [1.165, 1.54) is 5.56 Å². The van der Waals surface area contributed by atoms with E-state index in [1.807, 2.05) is 13.8 Å². The first-order chi connectivity index (χ1) is 9.75. The van der Waals surface area contributed by atoms with Crippen molar-refractivity contribution in [3.63, 3.8) is 0 Å². The molecule has 0 aliphatic heterocycles. The number of hydrazine groups is 1. The van der Waals surface area contributed by atoms with Crippen molar-refractivity contribution < 1.29 is 4.42 Å². The van der Waals surface area contributed by atoms with Crippen LogP contribution < -0.4 is 11.3 Å². The summed E-state index contributed by atoms with van der Waals surface area (Å²) in [6.45, 7) is 12.7. The predicted molar refractivity (Wildman–Crippen MR) is 87.2 cm³/mol. The molecule has 0 aliphatic rings. The maximum Gasteiger partial charge on any atom is 0.106 e. The Labute approximate surface area is 127 Å². The average Bonchev–Trinajstić information content (AvgIpc) is 2.66. The molecule has 114 valence electrons. The molecule has 1 aromatic heterocycles. The summed E-state index contributed by atoms with van der Waals surface area (Å²) in [5.41, 5.74) is 7.85. The molecule has 0 spiro atoms. The molecule has 2 aromatic rings. The molecule has 21 heavy (non-hydrogen) atoms. The smallest absolute Gasteiger partial charge is 0.106 e. The normalized spacial score (nSPS) is 13.5. The monoisotopic (exact) mass is 286 g/mol. The van der Waals surface area contributed by atoms with Crippen molar-refractivity contribution in [3.8, 4) is 0 Å². The Kier molecular flexibility index (Phi) is 4.26. The lowest BCUT2D eigenvalue weighted by atomic mass is 9.85. The van der Waals surface area contributed by atoms with E-state index < -0.39 is 0 Å². The molecular formula is C18H26N2O. The molecule has 3 N–H and O–H groups in total. The second-order valence-corrected chi connectivity index (χ2v) is 6.72. The summed E-state index contributed by atoms with van der Waals surface area (Å²) < 4.78 is 5.73. The van der Waals surface area contributed by atoms with Crippen LogP contribution in [0, 0.1) is 20.8 Å². The second-order valence-electron chi connectivity index (χ2n) is 6.72. The van der Waals surface area contributed by atoms with Crippen LogP contribution in [0.3, 0.4) is 0 Å². The molecule has 0 saturated carbocycles. The van der Waals surface area contributed by atoms with Gasteiger partial charge in [0, 0.05) is 5.56 Å². The maximum atomic E-state index is 5.82. The molecule has 0 aliphatic carbocycles. The van der Waals surface area contributed by atoms with E-state index in [0.717, 1.165) is 28.2 Å². The first kappa shape index (κ1) is 15.8. The first-order valence-corrected chi connectivity index (χ1v) is 7.38. The fraction of sp³-hybridized carbons (Fsp3) is 0.444. The highest BCUT2D eigenvalue weighted by Gasteiger charge is 2.22. The Morgan fingerprint density at radius 2 is 1.57 bits per heavy atom. The van der Waals surface area contributed by atoms with Crippen LogP contribution in [0.4, 0.5) is 0 Å². The third kappa shape index (κ3) is 3.04. The number of benzene rings is 1. The molecule has 0 radical (unpaired) electrons. The van der Waals surface area contributed by atoms with Gasteiger partial charge >= 0.3 is 0 Å². The van der Waals surface area contributed by atoms with Gasteiger partial charge in [-0.05, 0) is 42.9 Å². The summed E-state index contributed by atoms with van der Waals surface area (Å²) in [5.74, 6) is 7.69. The number of hydrogen-bond donors (Lipinski definition) is 2. The molecule has 1 atom stereocenters. The molecule has 0 saturated heterocycles. The predicted octanol–water partition coefficient (Wildman–Crippen LogP) is 4.06. The van der Waals surface area contributed by atoms with E-state index in [9.17, 15) is 0 Å². The van der Waals surface area contributed by atoms with E-state index in [0.29, 0.717) is 0 Å². The van der Waals surface area contributed by atoms with Crippen molar-refractivity contribution in [1.82, 2.24) is 5.43 Å². The largest absolute Gasteiger partial charge is 0.466 e. The zero-order valence-corrected chi connectivity index (χ0v) is 13.9. The number of nitrogens with two attached hydrogens (primary N) is 1. The van der Waals surface area contributed by atoms with E-state index in [2.05, 4.69) is 57.4 Å². The minimum atomic E-state index is -0.0449. The van der Waals surface area contributed by atoms with Gasteiger partial charge < -0.3 is 4.42 Å². The minimum absolute atomic E-state index is 0.0449. The van der Waals surface area contributed by atoms with Crippen molar-refractivity contribution >= 4 is 0 Å². The van der Waals surface area contributed by atoms with Gasteiger partial charge in [-0.25, -0.2) is 5.43 Å². The highest BCUT2D eigenvalue weighted by molar-refractivity contribution is 5.41. The minimum Gasteiger partial charge on any atom is -0.466 e. The Hall–Kier alpha value is -1.58. The van der Waals surface area contributed by atoms with Gasteiger partial charge in [0.25, 0.3) is 0 Å². The Morgan fingerprint density at radius 1 is 1.00 bits per heavy atom. The summed E-state index contributed by atoms with van der Waals surface area (Å²) in [6.07, 6.45) is 0. The van der Waals surface area contributed by atoms with Gasteiger partial charge in [0.05, 0.1) is 6.04 Å². The molecule has 2 rings (SSSR count). The molecular weight excluding hydrogens is 260 g/mol. The molecule has 0 amide bonds. The van der Waals surface area contributed by atoms with Gasteiger partial charge in [-0.15, -0.1) is 0 Å². The van der Waals surface area contributed by atoms with Gasteiger partial charge in [-0.2, -0.15) is 0 Å². The van der Waals surface area contributed by atoms with Crippen molar-refractivity contribution in [1.29, 1.82) is 0 Å². The lowest BCUT2D eigenvalue weighted by Gasteiger charge is -2.21. The van der Waals surface area contributed by atoms with Crippen LogP contribution in [0.1, 0.15) is 60.6 Å². The van der Waals surface area contributed by atoms with Crippen molar-refractivity contribution in [2.45, 2.75) is 53.0 Å². The third-order valence-electron chi connectivity index (χ3n) is 4.18. The van der Waals surface area contributed by atoms with Gasteiger partial charge in [-0.3, -0.25) is 5.84 Å². The van der Waals surface area contributed by atoms with Crippen molar-refractivity contribution in [2.24, 2.45) is 5.84 Å². The third-order valence-corrected chi connectivity index (χ3v) is 4.18. The topological polar surface area (TPSA) is 51.2 Å². The van der Waals surface area contributed by atoms with Gasteiger partial charge in [-0.1, -0.05) is 45.0 Å². The molecule has 0 bridgehead atoms. The van der Waals surface area contributed by atoms with Crippen molar-refractivity contribution in [2.75, 3.05) is 0 Å². The highest BCUT2D eigenvalue weighted by atomic mass is 16.3. The van der Waals surface area contributed by atoms with Crippen LogP contribution >= 0.6 is 0 Å². The summed E-state index contributed by atoms with van der Waals surface area (Å²) in [6, 6.07) is 8.60. The number of rotatable bonds is 3. The van der Waals surface area contributed by atoms with E-state index >= 15 is 0 Å². The van der Waals surface area contributed by atoms with E-state index in [1.54, 1.807) is 0 Å². The first-order valence-electron chi connectivity index (χ1n) is 7.38. The highest BCUT2D eigenvalue weighted by Crippen LogP contribution is 2.32. The van der Waals surface area contributed by atoms with Crippen LogP contribution in [-0.2, 0) is 5.41 Å². The summed E-state index contributed by atoms with van der Waals surface area (Å²) >= 11 is 0. The maximum absolute atomic E-state index is 5.82. The fourth-order valence-corrected chi connectivity index (χ4v) is 2.76. The SMILES string of the molecule is Cc1oc(C)c(C(NN)c2ccc(C(C)(C)C)cc2)c1C. The number of hydrogen-bond acceptors (Lipinski definition) is 3. The summed E-state index contributed by atoms with van der Waals surface area (Å²) in [5, 5.41) is 0. The molecule has 1 aromatic carbocycles. The Morgan fingerprint density at radius 3 is 1.95 bits per heavy atom. The van der Waals surface area contributed by atoms with Crippen LogP contribution in [0.2, 0.25) is 0 Å². The Balaban J connectivity index is 2.42. The van der Waals surface area contributed by atoms with Gasteiger partial charge in [0.2, 0.25) is 0 Å². The average molecular weight is 286 g/mol. The zero-order valence-electron chi connectivity index (χ0n) is 13.9. The standard InChI is InChI=1S/C18H26N2O/c1-11-12(2)21-13(3)16(11)17(20-19)14-7-9-15(10-8-14)18(4,5)6/h7-10,17,20H,19H2,1-6H3. The fourth-order valence-electron chi connectivity index (χ4n) is 2.76. The summed E-state index contributed by atoms with van der Waals surface area (Å²) in [4.78, 5) is 0. The van der Waals surface area contributed by atoms with Crippen molar-refractivity contribution in [3.05, 3.63) is 58.0 Å². The molecule has 3 nitrogen and oxygen atoms in total. The molecule has 1 unspecified atom stereocenters. The van der Waals surface area contributed by atoms with E-state index in [-0.39, 0.29) is 11.5 Å². The second kappa shape index (κ2) is 5.66. The number of furan rings is 1. The van der Waals surface area contributed by atoms with Gasteiger partial charge in [0.1, 0.15) is 11.5 Å². The van der Waals surface area contributed by atoms with E-state index in [4.69, 9.17) is 10.3 Å². The van der Waals surface area contributed by atoms with Gasteiger partial charge in [0.15, 0.2) is 0 Å². The Bertz CT molecular complexity index is 618. The van der Waals surface area contributed by atoms with Crippen LogP contribution in [0.15, 0.2) is 28.7 Å². The van der Waals surface area contributed by atoms with Crippen LogP contribution in [0.25, 0.3) is 0 Å². The summed E-state index contributed by atoms with van der Waals surface area (Å²) in [7, 11) is 0. The number of nitrogens with one attached hydrogen (secondary N) is 1. The molecule has 3 heteroatoms. The van der Waals surface area contributed by atoms with Crippen LogP contribution in [0.5, 0.6) is 0 Å². The lowest BCUT2D eigenvalue weighted by molar-refractivity contribution is 0.494. The van der Waals surface area contributed by atoms with Crippen LogP contribution in [-0.4, -0.2) is 0 Å². The zero-order chi connectivity index (χ0) is 15.8. The molecule has 1 heterocycles.